The van der Waals surface area contributed by atoms with Crippen molar-refractivity contribution in [3.05, 3.63) is 30.1 Å². The van der Waals surface area contributed by atoms with Gasteiger partial charge in [0.15, 0.2) is 0 Å². The second kappa shape index (κ2) is 3.77. The molecule has 2 rings (SSSR count). The van der Waals surface area contributed by atoms with Crippen molar-refractivity contribution in [2.24, 2.45) is 5.73 Å². The van der Waals surface area contributed by atoms with Crippen LogP contribution in [-0.2, 0) is 0 Å². The number of nitrogens with zero attached hydrogens (tertiary/aromatic N) is 1. The van der Waals surface area contributed by atoms with Crippen LogP contribution in [0.15, 0.2) is 24.5 Å². The van der Waals surface area contributed by atoms with Crippen LogP contribution in [0.2, 0.25) is 0 Å². The predicted octanol–water partition coefficient (Wildman–Crippen LogP) is 0.945. The molecule has 2 heterocycles. The first-order chi connectivity index (χ1) is 6.83. The molecule has 1 atom stereocenters. The molecule has 14 heavy (non-hydrogen) atoms. The van der Waals surface area contributed by atoms with Gasteiger partial charge in [-0.3, -0.25) is 0 Å². The first kappa shape index (κ1) is 9.18. The Kier molecular flexibility index (Phi) is 2.47. The van der Waals surface area contributed by atoms with Crippen molar-refractivity contribution in [3.8, 4) is 0 Å². The SMILES string of the molecule is NC(CCO)c1c[nH]c2ncccc12. The van der Waals surface area contributed by atoms with Crippen molar-refractivity contribution in [1.29, 1.82) is 0 Å². The third-order valence-electron chi connectivity index (χ3n) is 2.32. The second-order valence-electron chi connectivity index (χ2n) is 3.26. The maximum absolute atomic E-state index is 8.80. The average molecular weight is 191 g/mol. The summed E-state index contributed by atoms with van der Waals surface area (Å²) >= 11 is 0. The molecule has 0 aromatic carbocycles. The van der Waals surface area contributed by atoms with Crippen molar-refractivity contribution in [2.45, 2.75) is 12.5 Å². The summed E-state index contributed by atoms with van der Waals surface area (Å²) in [7, 11) is 0. The number of aromatic amines is 1. The Morgan fingerprint density at radius 1 is 1.57 bits per heavy atom. The summed E-state index contributed by atoms with van der Waals surface area (Å²) in [6, 6.07) is 3.73. The van der Waals surface area contributed by atoms with Gasteiger partial charge in [-0.15, -0.1) is 0 Å². The molecule has 74 valence electrons. The van der Waals surface area contributed by atoms with Crippen LogP contribution in [-0.4, -0.2) is 21.7 Å². The zero-order valence-corrected chi connectivity index (χ0v) is 7.77. The van der Waals surface area contributed by atoms with E-state index in [0.29, 0.717) is 6.42 Å². The smallest absolute Gasteiger partial charge is 0.137 e. The summed E-state index contributed by atoms with van der Waals surface area (Å²) in [5, 5.41) is 9.84. The Hall–Kier alpha value is -1.39. The number of rotatable bonds is 3. The van der Waals surface area contributed by atoms with Gasteiger partial charge in [0.1, 0.15) is 5.65 Å². The number of aromatic nitrogens is 2. The average Bonchev–Trinajstić information content (AvgIpc) is 2.61. The lowest BCUT2D eigenvalue weighted by molar-refractivity contribution is 0.277. The van der Waals surface area contributed by atoms with E-state index in [1.807, 2.05) is 18.3 Å². The number of hydrogen-bond acceptors (Lipinski definition) is 3. The highest BCUT2D eigenvalue weighted by atomic mass is 16.3. The molecule has 1 unspecified atom stereocenters. The molecule has 0 aliphatic rings. The molecule has 0 bridgehead atoms. The minimum atomic E-state index is -0.127. The van der Waals surface area contributed by atoms with E-state index in [9.17, 15) is 0 Å². The van der Waals surface area contributed by atoms with Crippen LogP contribution in [0.25, 0.3) is 11.0 Å². The van der Waals surface area contributed by atoms with E-state index < -0.39 is 0 Å². The summed E-state index contributed by atoms with van der Waals surface area (Å²) in [6.07, 6.45) is 4.17. The molecule has 0 fully saturated rings. The third-order valence-corrected chi connectivity index (χ3v) is 2.32. The fourth-order valence-electron chi connectivity index (χ4n) is 1.58. The third kappa shape index (κ3) is 1.49. The lowest BCUT2D eigenvalue weighted by Gasteiger charge is -2.07. The van der Waals surface area contributed by atoms with Crippen molar-refractivity contribution in [3.63, 3.8) is 0 Å². The Labute approximate surface area is 81.8 Å². The van der Waals surface area contributed by atoms with Gasteiger partial charge in [0, 0.05) is 30.4 Å². The van der Waals surface area contributed by atoms with Gasteiger partial charge in [0.25, 0.3) is 0 Å². The number of aliphatic hydroxyl groups is 1. The maximum Gasteiger partial charge on any atom is 0.137 e. The van der Waals surface area contributed by atoms with Gasteiger partial charge in [-0.1, -0.05) is 0 Å². The number of nitrogens with two attached hydrogens (primary N) is 1. The van der Waals surface area contributed by atoms with E-state index in [2.05, 4.69) is 9.97 Å². The zero-order valence-electron chi connectivity index (χ0n) is 7.77. The number of hydrogen-bond donors (Lipinski definition) is 3. The van der Waals surface area contributed by atoms with E-state index in [4.69, 9.17) is 10.8 Å². The second-order valence-corrected chi connectivity index (χ2v) is 3.26. The van der Waals surface area contributed by atoms with E-state index in [-0.39, 0.29) is 12.6 Å². The fraction of sp³-hybridized carbons (Fsp3) is 0.300. The summed E-state index contributed by atoms with van der Waals surface area (Å²) in [6.45, 7) is 0.105. The number of fused-ring (bicyclic) bond motifs is 1. The summed E-state index contributed by atoms with van der Waals surface area (Å²) < 4.78 is 0. The van der Waals surface area contributed by atoms with Crippen molar-refractivity contribution >= 4 is 11.0 Å². The van der Waals surface area contributed by atoms with Gasteiger partial charge in [-0.05, 0) is 24.1 Å². The Morgan fingerprint density at radius 3 is 3.21 bits per heavy atom. The number of pyridine rings is 1. The zero-order chi connectivity index (χ0) is 9.97. The lowest BCUT2D eigenvalue weighted by atomic mass is 10.1. The van der Waals surface area contributed by atoms with Gasteiger partial charge in [-0.2, -0.15) is 0 Å². The van der Waals surface area contributed by atoms with Crippen LogP contribution >= 0.6 is 0 Å². The first-order valence-corrected chi connectivity index (χ1v) is 4.61. The Morgan fingerprint density at radius 2 is 2.43 bits per heavy atom. The molecular weight excluding hydrogens is 178 g/mol. The molecule has 0 amide bonds. The molecule has 4 heteroatoms. The fourth-order valence-corrected chi connectivity index (χ4v) is 1.58. The van der Waals surface area contributed by atoms with Crippen LogP contribution in [0.5, 0.6) is 0 Å². The van der Waals surface area contributed by atoms with E-state index >= 15 is 0 Å². The lowest BCUT2D eigenvalue weighted by Crippen LogP contribution is -2.11. The minimum absolute atomic E-state index is 0.105. The molecule has 0 saturated heterocycles. The minimum Gasteiger partial charge on any atom is -0.396 e. The van der Waals surface area contributed by atoms with Gasteiger partial charge in [-0.25, -0.2) is 4.98 Å². The van der Waals surface area contributed by atoms with E-state index in [1.165, 1.54) is 0 Å². The van der Waals surface area contributed by atoms with Crippen LogP contribution in [0.1, 0.15) is 18.0 Å². The summed E-state index contributed by atoms with van der Waals surface area (Å²) in [4.78, 5) is 7.23. The molecule has 2 aromatic rings. The highest BCUT2D eigenvalue weighted by molar-refractivity contribution is 5.79. The molecule has 2 aromatic heterocycles. The standard InChI is InChI=1S/C10H13N3O/c11-9(3-5-14)8-6-13-10-7(8)2-1-4-12-10/h1-2,4,6,9,14H,3,5,11H2,(H,12,13). The highest BCUT2D eigenvalue weighted by Gasteiger charge is 2.10. The molecule has 0 aliphatic heterocycles. The number of H-pyrrole nitrogens is 1. The largest absolute Gasteiger partial charge is 0.396 e. The van der Waals surface area contributed by atoms with Gasteiger partial charge >= 0.3 is 0 Å². The molecule has 0 radical (unpaired) electrons. The van der Waals surface area contributed by atoms with Gasteiger partial charge in [0.05, 0.1) is 0 Å². The topological polar surface area (TPSA) is 74.9 Å². The summed E-state index contributed by atoms with van der Waals surface area (Å²) in [5.74, 6) is 0. The van der Waals surface area contributed by atoms with Crippen molar-refractivity contribution in [1.82, 2.24) is 9.97 Å². The normalized spacial score (nSPS) is 13.3. The number of nitrogens with one attached hydrogen (secondary N) is 1. The first-order valence-electron chi connectivity index (χ1n) is 4.61. The summed E-state index contributed by atoms with van der Waals surface area (Å²) in [5.41, 5.74) is 7.77. The van der Waals surface area contributed by atoms with E-state index in [1.54, 1.807) is 6.20 Å². The molecular formula is C10H13N3O. The molecule has 0 saturated carbocycles. The van der Waals surface area contributed by atoms with Crippen molar-refractivity contribution in [2.75, 3.05) is 6.61 Å². The molecule has 4 nitrogen and oxygen atoms in total. The van der Waals surface area contributed by atoms with E-state index in [0.717, 1.165) is 16.6 Å². The monoisotopic (exact) mass is 191 g/mol. The van der Waals surface area contributed by atoms with Gasteiger partial charge < -0.3 is 15.8 Å². The van der Waals surface area contributed by atoms with Crippen LogP contribution < -0.4 is 5.73 Å². The van der Waals surface area contributed by atoms with Gasteiger partial charge in [0.2, 0.25) is 0 Å². The molecule has 0 aliphatic carbocycles. The Balaban J connectivity index is 2.42. The van der Waals surface area contributed by atoms with Crippen LogP contribution in [0, 0.1) is 0 Å². The maximum atomic E-state index is 8.80. The highest BCUT2D eigenvalue weighted by Crippen LogP contribution is 2.22. The predicted molar refractivity (Wildman–Crippen MR) is 54.7 cm³/mol. The Bertz CT molecular complexity index is 424. The number of aliphatic hydroxyl groups excluding tert-OH is 1. The van der Waals surface area contributed by atoms with Crippen LogP contribution in [0.4, 0.5) is 0 Å². The van der Waals surface area contributed by atoms with Crippen LogP contribution in [0.3, 0.4) is 0 Å². The molecule has 4 N–H and O–H groups in total. The molecule has 0 spiro atoms. The van der Waals surface area contributed by atoms with Crippen molar-refractivity contribution < 1.29 is 5.11 Å². The quantitative estimate of drug-likeness (QED) is 0.676.